The minimum absolute atomic E-state index is 0.322. The molecule has 2 aromatic carbocycles. The first kappa shape index (κ1) is 20.9. The first-order valence-electron chi connectivity index (χ1n) is 10.4. The number of aromatic nitrogens is 2. The van der Waals surface area contributed by atoms with E-state index in [0.717, 1.165) is 45.8 Å². The number of hydrogen-bond acceptors (Lipinski definition) is 6. The molecule has 8 heteroatoms. The third-order valence-corrected chi connectivity index (χ3v) is 7.01. The van der Waals surface area contributed by atoms with E-state index in [1.54, 1.807) is 17.7 Å². The maximum absolute atomic E-state index is 12.3. The lowest BCUT2D eigenvalue weighted by molar-refractivity contribution is -0.123. The quantitative estimate of drug-likeness (QED) is 0.476. The van der Waals surface area contributed by atoms with Crippen molar-refractivity contribution < 1.29 is 4.79 Å². The van der Waals surface area contributed by atoms with Crippen LogP contribution in [0.1, 0.15) is 11.6 Å². The second-order valence-electron chi connectivity index (χ2n) is 7.77. The van der Waals surface area contributed by atoms with Crippen LogP contribution in [0.4, 0.5) is 5.82 Å². The van der Waals surface area contributed by atoms with Crippen LogP contribution in [0.15, 0.2) is 66.3 Å². The summed E-state index contributed by atoms with van der Waals surface area (Å²) in [6.45, 7) is 2.93. The van der Waals surface area contributed by atoms with Gasteiger partial charge in [-0.2, -0.15) is 0 Å². The molecule has 0 aliphatic carbocycles. The Bertz CT molecular complexity index is 1240. The zero-order valence-electron chi connectivity index (χ0n) is 17.3. The van der Waals surface area contributed by atoms with Gasteiger partial charge in [0.05, 0.1) is 5.39 Å². The largest absolute Gasteiger partial charge is 0.368 e. The van der Waals surface area contributed by atoms with E-state index in [1.165, 1.54) is 0 Å². The minimum Gasteiger partial charge on any atom is -0.368 e. The molecular formula is C24H22ClN5OS. The van der Waals surface area contributed by atoms with E-state index < -0.39 is 6.04 Å². The fourth-order valence-corrected chi connectivity index (χ4v) is 5.36. The van der Waals surface area contributed by atoms with Crippen molar-refractivity contribution in [1.82, 2.24) is 14.9 Å². The van der Waals surface area contributed by atoms with E-state index >= 15 is 0 Å². The molecule has 2 N–H and O–H groups in total. The Hall–Kier alpha value is -3.00. The van der Waals surface area contributed by atoms with Crippen molar-refractivity contribution in [3.63, 3.8) is 0 Å². The molecule has 1 amide bonds. The van der Waals surface area contributed by atoms with Crippen molar-refractivity contribution in [2.75, 3.05) is 31.1 Å². The summed E-state index contributed by atoms with van der Waals surface area (Å²) in [5.41, 5.74) is 8.91. The lowest BCUT2D eigenvalue weighted by Crippen LogP contribution is -2.50. The summed E-state index contributed by atoms with van der Waals surface area (Å²) < 4.78 is 0. The highest BCUT2D eigenvalue weighted by Gasteiger charge is 2.30. The molecule has 1 unspecified atom stereocenters. The molecule has 0 saturated carbocycles. The summed E-state index contributed by atoms with van der Waals surface area (Å²) in [6.07, 6.45) is 1.63. The maximum Gasteiger partial charge on any atom is 0.239 e. The summed E-state index contributed by atoms with van der Waals surface area (Å²) >= 11 is 7.70. The van der Waals surface area contributed by atoms with Crippen LogP contribution < -0.4 is 10.6 Å². The van der Waals surface area contributed by atoms with Crippen molar-refractivity contribution in [3.8, 4) is 11.1 Å². The number of benzene rings is 2. The zero-order valence-corrected chi connectivity index (χ0v) is 18.9. The molecule has 3 heterocycles. The van der Waals surface area contributed by atoms with Crippen LogP contribution >= 0.6 is 22.9 Å². The predicted octanol–water partition coefficient (Wildman–Crippen LogP) is 4.36. The number of anilines is 1. The monoisotopic (exact) mass is 463 g/mol. The van der Waals surface area contributed by atoms with Gasteiger partial charge in [-0.3, -0.25) is 9.69 Å². The van der Waals surface area contributed by atoms with Gasteiger partial charge in [0.15, 0.2) is 0 Å². The SMILES string of the molecule is NC(=O)C(c1ccccc1)N1CCN(c2ncnc3scc(-c4ccc(Cl)cc4)c23)CC1. The molecule has 1 aliphatic rings. The third kappa shape index (κ3) is 3.95. The van der Waals surface area contributed by atoms with E-state index in [-0.39, 0.29) is 5.91 Å². The fraction of sp³-hybridized carbons (Fsp3) is 0.208. The van der Waals surface area contributed by atoms with Crippen molar-refractivity contribution in [2.24, 2.45) is 5.73 Å². The number of thiophene rings is 1. The molecule has 1 saturated heterocycles. The van der Waals surface area contributed by atoms with E-state index in [0.29, 0.717) is 18.1 Å². The Kier molecular flexibility index (Phi) is 5.78. The number of fused-ring (bicyclic) bond motifs is 1. The Balaban J connectivity index is 1.42. The van der Waals surface area contributed by atoms with Gasteiger partial charge in [-0.1, -0.05) is 54.1 Å². The molecular weight excluding hydrogens is 442 g/mol. The Morgan fingerprint density at radius 3 is 2.41 bits per heavy atom. The van der Waals surface area contributed by atoms with Crippen LogP contribution in [0.25, 0.3) is 21.3 Å². The van der Waals surface area contributed by atoms with E-state index in [4.69, 9.17) is 17.3 Å². The number of carbonyl (C=O) groups excluding carboxylic acids is 1. The Morgan fingerprint density at radius 1 is 1.00 bits per heavy atom. The topological polar surface area (TPSA) is 75.4 Å². The third-order valence-electron chi connectivity index (χ3n) is 5.87. The predicted molar refractivity (Wildman–Crippen MR) is 130 cm³/mol. The van der Waals surface area contributed by atoms with Crippen molar-refractivity contribution in [3.05, 3.63) is 76.9 Å². The highest BCUT2D eigenvalue weighted by molar-refractivity contribution is 7.17. The van der Waals surface area contributed by atoms with Gasteiger partial charge >= 0.3 is 0 Å². The Morgan fingerprint density at radius 2 is 1.72 bits per heavy atom. The number of hydrogen-bond donors (Lipinski definition) is 1. The number of carbonyl (C=O) groups is 1. The molecule has 1 aliphatic heterocycles. The van der Waals surface area contributed by atoms with Gasteiger partial charge in [-0.25, -0.2) is 9.97 Å². The first-order chi connectivity index (χ1) is 15.6. The van der Waals surface area contributed by atoms with Crippen LogP contribution in [-0.4, -0.2) is 47.0 Å². The number of halogens is 1. The van der Waals surface area contributed by atoms with Crippen LogP contribution in [-0.2, 0) is 4.79 Å². The zero-order chi connectivity index (χ0) is 22.1. The standard InChI is InChI=1S/C24H22ClN5OS/c25-18-8-6-16(7-9-18)19-14-32-24-20(19)23(27-15-28-24)30-12-10-29(11-13-30)21(22(26)31)17-4-2-1-3-5-17/h1-9,14-15,21H,10-13H2,(H2,26,31). The lowest BCUT2D eigenvalue weighted by Gasteiger charge is -2.39. The average Bonchev–Trinajstić information content (AvgIpc) is 3.25. The van der Waals surface area contributed by atoms with Crippen molar-refractivity contribution in [1.29, 1.82) is 0 Å². The molecule has 1 atom stereocenters. The van der Waals surface area contributed by atoms with E-state index in [1.807, 2.05) is 54.6 Å². The summed E-state index contributed by atoms with van der Waals surface area (Å²) in [5.74, 6) is 0.605. The normalized spacial score (nSPS) is 15.7. The summed E-state index contributed by atoms with van der Waals surface area (Å²) in [5, 5.41) is 3.90. The molecule has 6 nitrogen and oxygen atoms in total. The van der Waals surface area contributed by atoms with Crippen LogP contribution in [0.5, 0.6) is 0 Å². The van der Waals surface area contributed by atoms with Gasteiger partial charge in [0.25, 0.3) is 0 Å². The number of amides is 1. The van der Waals surface area contributed by atoms with Crippen LogP contribution in [0, 0.1) is 0 Å². The van der Waals surface area contributed by atoms with Crippen molar-refractivity contribution in [2.45, 2.75) is 6.04 Å². The molecule has 0 spiro atoms. The summed E-state index contributed by atoms with van der Waals surface area (Å²) in [4.78, 5) is 26.8. The molecule has 1 fully saturated rings. The summed E-state index contributed by atoms with van der Waals surface area (Å²) in [6, 6.07) is 17.2. The number of nitrogens with zero attached hydrogens (tertiary/aromatic N) is 4. The van der Waals surface area contributed by atoms with Gasteiger partial charge in [0.1, 0.15) is 23.0 Å². The Labute approximate surface area is 195 Å². The average molecular weight is 464 g/mol. The first-order valence-corrected chi connectivity index (χ1v) is 11.7. The van der Waals surface area contributed by atoms with Crippen LogP contribution in [0.2, 0.25) is 5.02 Å². The molecule has 2 aromatic heterocycles. The highest BCUT2D eigenvalue weighted by atomic mass is 35.5. The van der Waals surface area contributed by atoms with Gasteiger partial charge in [0.2, 0.25) is 5.91 Å². The van der Waals surface area contributed by atoms with Crippen LogP contribution in [0.3, 0.4) is 0 Å². The number of primary amides is 1. The van der Waals surface area contributed by atoms with Crippen molar-refractivity contribution >= 4 is 44.9 Å². The fourth-order valence-electron chi connectivity index (χ4n) is 4.32. The number of rotatable bonds is 5. The highest BCUT2D eigenvalue weighted by Crippen LogP contribution is 2.38. The number of nitrogens with two attached hydrogens (primary N) is 1. The molecule has 162 valence electrons. The second kappa shape index (κ2) is 8.86. The number of piperazine rings is 1. The van der Waals surface area contributed by atoms with Gasteiger partial charge in [-0.05, 0) is 23.3 Å². The molecule has 0 bridgehead atoms. The smallest absolute Gasteiger partial charge is 0.239 e. The minimum atomic E-state index is -0.422. The molecule has 4 aromatic rings. The maximum atomic E-state index is 12.3. The van der Waals surface area contributed by atoms with Gasteiger partial charge in [0, 0.05) is 42.1 Å². The molecule has 32 heavy (non-hydrogen) atoms. The second-order valence-corrected chi connectivity index (χ2v) is 9.07. The van der Waals surface area contributed by atoms with Gasteiger partial charge in [-0.15, -0.1) is 11.3 Å². The molecule has 5 rings (SSSR count). The summed E-state index contributed by atoms with van der Waals surface area (Å²) in [7, 11) is 0. The van der Waals surface area contributed by atoms with Gasteiger partial charge < -0.3 is 10.6 Å². The van der Waals surface area contributed by atoms with E-state index in [9.17, 15) is 4.79 Å². The van der Waals surface area contributed by atoms with E-state index in [2.05, 4.69) is 25.1 Å². The lowest BCUT2D eigenvalue weighted by atomic mass is 10.0. The molecule has 0 radical (unpaired) electrons.